The summed E-state index contributed by atoms with van der Waals surface area (Å²) < 4.78 is 19.6. The first-order valence-corrected chi connectivity index (χ1v) is 12.7. The van der Waals surface area contributed by atoms with Gasteiger partial charge >= 0.3 is 23.9 Å². The Labute approximate surface area is 231 Å². The van der Waals surface area contributed by atoms with E-state index < -0.39 is 23.9 Å². The van der Waals surface area contributed by atoms with E-state index in [-0.39, 0.29) is 46.0 Å². The normalized spacial score (nSPS) is 27.5. The molecule has 0 radical (unpaired) electrons. The number of carbonyl (C=O) groups excluding carboxylic acids is 4. The molecule has 204 valence electrons. The summed E-state index contributed by atoms with van der Waals surface area (Å²) in [6.07, 6.45) is 23.3. The fourth-order valence-electron chi connectivity index (χ4n) is 5.54. The van der Waals surface area contributed by atoms with Crippen molar-refractivity contribution in [1.82, 2.24) is 0 Å². The number of hydrogen-bond donors (Lipinski definition) is 0. The maximum Gasteiger partial charge on any atom is 0.338 e. The number of fused-ring (bicyclic) bond motifs is 4. The first-order valence-electron chi connectivity index (χ1n) is 12.7. The summed E-state index contributed by atoms with van der Waals surface area (Å²) in [7, 11) is 5.11. The zero-order valence-corrected chi connectivity index (χ0v) is 22.5. The van der Waals surface area contributed by atoms with Crippen LogP contribution in [0, 0.1) is 23.7 Å². The van der Waals surface area contributed by atoms with E-state index in [1.165, 1.54) is 28.4 Å². The fraction of sp³-hybridized carbons (Fsp3) is 0.250. The van der Waals surface area contributed by atoms with Crippen molar-refractivity contribution >= 4 is 23.9 Å². The van der Waals surface area contributed by atoms with Crippen LogP contribution in [-0.4, -0.2) is 52.3 Å². The maximum atomic E-state index is 12.4. The minimum atomic E-state index is -0.593. The number of hydrogen-bond acceptors (Lipinski definition) is 8. The van der Waals surface area contributed by atoms with Gasteiger partial charge in [-0.3, -0.25) is 0 Å². The molecule has 8 heteroatoms. The molecule has 5 aliphatic carbocycles. The second kappa shape index (κ2) is 10.8. The first kappa shape index (κ1) is 26.9. The van der Waals surface area contributed by atoms with E-state index in [4.69, 9.17) is 18.9 Å². The molecule has 0 bridgehead atoms. The molecule has 0 heterocycles. The zero-order valence-electron chi connectivity index (χ0n) is 22.5. The minimum absolute atomic E-state index is 0.149. The molecular formula is C32H28O8. The summed E-state index contributed by atoms with van der Waals surface area (Å²) in [5.41, 5.74) is 4.62. The van der Waals surface area contributed by atoms with Crippen LogP contribution in [0.2, 0.25) is 0 Å². The average molecular weight is 541 g/mol. The molecule has 5 aliphatic rings. The Bertz CT molecular complexity index is 1290. The fourth-order valence-corrected chi connectivity index (χ4v) is 5.54. The van der Waals surface area contributed by atoms with Gasteiger partial charge in [0.1, 0.15) is 0 Å². The van der Waals surface area contributed by atoms with Gasteiger partial charge in [-0.2, -0.15) is 0 Å². The molecule has 0 aromatic heterocycles. The molecule has 0 aromatic carbocycles. The lowest BCUT2D eigenvalue weighted by molar-refractivity contribution is -0.139. The van der Waals surface area contributed by atoms with Crippen LogP contribution in [0.25, 0.3) is 0 Å². The van der Waals surface area contributed by atoms with Gasteiger partial charge < -0.3 is 18.9 Å². The summed E-state index contributed by atoms with van der Waals surface area (Å²) in [5.74, 6) is -2.97. The predicted octanol–water partition coefficient (Wildman–Crippen LogP) is 3.73. The van der Waals surface area contributed by atoms with E-state index in [9.17, 15) is 19.2 Å². The standard InChI is InChI=1S/C32H28O8/c1-37-29(33)25-13-21-9-17-5-6-19-11-23-15-27(31(35)39-3)28(32(36)40-4)16-24(23)12-20(19)8-7-18(17)10-22(21)14-26(25)30(34)38-2/h5-16,21-24H,1-4H3/b6-5-,8-7-. The zero-order chi connectivity index (χ0) is 28.6. The second-order valence-electron chi connectivity index (χ2n) is 9.75. The molecule has 5 rings (SSSR count). The van der Waals surface area contributed by atoms with Gasteiger partial charge in [0.05, 0.1) is 50.7 Å². The van der Waals surface area contributed by atoms with E-state index in [0.29, 0.717) is 0 Å². The van der Waals surface area contributed by atoms with Gasteiger partial charge in [-0.25, -0.2) is 19.2 Å². The largest absolute Gasteiger partial charge is 0.465 e. The van der Waals surface area contributed by atoms with Crippen LogP contribution >= 0.6 is 0 Å². The number of esters is 4. The van der Waals surface area contributed by atoms with Crippen molar-refractivity contribution < 1.29 is 38.1 Å². The van der Waals surface area contributed by atoms with Crippen molar-refractivity contribution in [2.75, 3.05) is 28.4 Å². The van der Waals surface area contributed by atoms with Gasteiger partial charge in [-0.05, 0) is 22.3 Å². The van der Waals surface area contributed by atoms with Crippen LogP contribution < -0.4 is 0 Å². The van der Waals surface area contributed by atoms with Crippen molar-refractivity contribution in [3.05, 3.63) is 117 Å². The number of carbonyl (C=O) groups is 4. The molecule has 0 amide bonds. The third-order valence-electron chi connectivity index (χ3n) is 7.57. The van der Waals surface area contributed by atoms with E-state index in [2.05, 4.69) is 24.3 Å². The molecule has 8 nitrogen and oxygen atoms in total. The topological polar surface area (TPSA) is 105 Å². The summed E-state index contributed by atoms with van der Waals surface area (Å²) in [6.45, 7) is 0. The molecular weight excluding hydrogens is 512 g/mol. The first-order chi connectivity index (χ1) is 19.3. The molecule has 0 N–H and O–H groups in total. The Morgan fingerprint density at radius 1 is 0.400 bits per heavy atom. The van der Waals surface area contributed by atoms with E-state index in [1.54, 1.807) is 24.3 Å². The lowest BCUT2D eigenvalue weighted by atomic mass is 9.73. The van der Waals surface area contributed by atoms with Gasteiger partial charge in [0, 0.05) is 23.7 Å². The SMILES string of the molecule is COC(=O)C1=CC2C=C3/C=C\C4=CC5C=C(C(=O)OC)C(C(=O)OC)=CC5C=C4/C=C\C3=CC2C=C1C(=O)OC. The third-order valence-corrected chi connectivity index (χ3v) is 7.57. The van der Waals surface area contributed by atoms with E-state index in [0.717, 1.165) is 22.3 Å². The average Bonchev–Trinajstić information content (AvgIpc) is 2.98. The molecule has 0 aromatic rings. The Hall–Kier alpha value is -4.72. The minimum Gasteiger partial charge on any atom is -0.465 e. The molecule has 0 fully saturated rings. The summed E-state index contributed by atoms with van der Waals surface area (Å²) in [4.78, 5) is 49.6. The van der Waals surface area contributed by atoms with E-state index >= 15 is 0 Å². The van der Waals surface area contributed by atoms with Crippen molar-refractivity contribution in [3.8, 4) is 0 Å². The smallest absolute Gasteiger partial charge is 0.338 e. The highest BCUT2D eigenvalue weighted by molar-refractivity contribution is 6.08. The lowest BCUT2D eigenvalue weighted by Gasteiger charge is -2.30. The van der Waals surface area contributed by atoms with Crippen LogP contribution in [0.3, 0.4) is 0 Å². The Balaban J connectivity index is 1.51. The number of methoxy groups -OCH3 is 4. The second-order valence-corrected chi connectivity index (χ2v) is 9.75. The number of ether oxygens (including phenoxy) is 4. The number of rotatable bonds is 4. The molecule has 4 unspecified atom stereocenters. The highest BCUT2D eigenvalue weighted by atomic mass is 16.5. The van der Waals surface area contributed by atoms with Gasteiger partial charge in [0.25, 0.3) is 0 Å². The summed E-state index contributed by atoms with van der Waals surface area (Å²) in [6, 6.07) is 0. The Morgan fingerprint density at radius 3 is 0.775 bits per heavy atom. The third kappa shape index (κ3) is 4.77. The van der Waals surface area contributed by atoms with Gasteiger partial charge in [0.2, 0.25) is 0 Å². The quantitative estimate of drug-likeness (QED) is 0.392. The molecule has 0 saturated carbocycles. The van der Waals surface area contributed by atoms with Gasteiger partial charge in [-0.1, -0.05) is 72.9 Å². The van der Waals surface area contributed by atoms with Gasteiger partial charge in [0.15, 0.2) is 0 Å². The van der Waals surface area contributed by atoms with Crippen molar-refractivity contribution in [2.45, 2.75) is 0 Å². The maximum absolute atomic E-state index is 12.4. The van der Waals surface area contributed by atoms with E-state index in [1.807, 2.05) is 24.3 Å². The van der Waals surface area contributed by atoms with Crippen molar-refractivity contribution in [1.29, 1.82) is 0 Å². The van der Waals surface area contributed by atoms with Crippen LogP contribution in [0.1, 0.15) is 0 Å². The Morgan fingerprint density at radius 2 is 0.600 bits per heavy atom. The monoisotopic (exact) mass is 540 g/mol. The summed E-state index contributed by atoms with van der Waals surface area (Å²) >= 11 is 0. The highest BCUT2D eigenvalue weighted by Gasteiger charge is 2.34. The molecule has 0 aliphatic heterocycles. The molecule has 0 saturated heterocycles. The Kier molecular flexibility index (Phi) is 7.26. The predicted molar refractivity (Wildman–Crippen MR) is 145 cm³/mol. The number of allylic oxidation sites excluding steroid dienone is 16. The van der Waals surface area contributed by atoms with Crippen LogP contribution in [0.4, 0.5) is 0 Å². The summed E-state index contributed by atoms with van der Waals surface area (Å²) in [5, 5.41) is 0. The molecule has 0 spiro atoms. The van der Waals surface area contributed by atoms with Crippen molar-refractivity contribution in [3.63, 3.8) is 0 Å². The van der Waals surface area contributed by atoms with Crippen LogP contribution in [0.15, 0.2) is 117 Å². The lowest BCUT2D eigenvalue weighted by Crippen LogP contribution is -2.25. The molecule has 40 heavy (non-hydrogen) atoms. The van der Waals surface area contributed by atoms with Crippen molar-refractivity contribution in [2.24, 2.45) is 23.7 Å². The van der Waals surface area contributed by atoms with Gasteiger partial charge in [-0.15, -0.1) is 0 Å². The highest BCUT2D eigenvalue weighted by Crippen LogP contribution is 2.41. The van der Waals surface area contributed by atoms with Crippen LogP contribution in [0.5, 0.6) is 0 Å². The van der Waals surface area contributed by atoms with Crippen LogP contribution in [-0.2, 0) is 38.1 Å². The molecule has 4 atom stereocenters.